The minimum absolute atomic E-state index is 0.138. The Labute approximate surface area is 119 Å². The topological polar surface area (TPSA) is 9.23 Å². The van der Waals surface area contributed by atoms with Crippen LogP contribution in [0, 0.1) is 11.2 Å². The maximum atomic E-state index is 13.8. The molecule has 0 amide bonds. The Morgan fingerprint density at radius 1 is 0.950 bits per heavy atom. The third-order valence-corrected chi connectivity index (χ3v) is 3.25. The van der Waals surface area contributed by atoms with E-state index in [1.54, 1.807) is 6.07 Å². The number of halogens is 3. The zero-order valence-electron chi connectivity index (χ0n) is 13.0. The van der Waals surface area contributed by atoms with Gasteiger partial charge >= 0.3 is 0 Å². The first kappa shape index (κ1) is 16.9. The molecule has 1 nitrogen and oxygen atoms in total. The third kappa shape index (κ3) is 4.15. The second-order valence-electron chi connectivity index (χ2n) is 7.17. The average molecular weight is 288 g/mol. The molecule has 0 heterocycles. The van der Waals surface area contributed by atoms with Crippen molar-refractivity contribution in [1.29, 1.82) is 0 Å². The molecule has 0 aliphatic rings. The number of benzene rings is 1. The van der Waals surface area contributed by atoms with E-state index in [4.69, 9.17) is 4.74 Å². The molecule has 0 bridgehead atoms. The molecular weight excluding hydrogens is 265 g/mol. The van der Waals surface area contributed by atoms with Gasteiger partial charge in [0.1, 0.15) is 11.6 Å². The number of hydrogen-bond acceptors (Lipinski definition) is 1. The molecule has 0 radical (unpaired) electrons. The van der Waals surface area contributed by atoms with Gasteiger partial charge in [-0.1, -0.05) is 41.5 Å². The van der Waals surface area contributed by atoms with Crippen LogP contribution in [0.1, 0.15) is 47.1 Å². The minimum Gasteiger partial charge on any atom is -0.487 e. The quantitative estimate of drug-likeness (QED) is 0.744. The molecule has 0 atom stereocenters. The van der Waals surface area contributed by atoms with Crippen molar-refractivity contribution in [1.82, 2.24) is 0 Å². The van der Waals surface area contributed by atoms with E-state index in [0.717, 1.165) is 6.07 Å². The number of ether oxygens (including phenoxy) is 1. The van der Waals surface area contributed by atoms with Gasteiger partial charge in [-0.05, 0) is 23.1 Å². The largest absolute Gasteiger partial charge is 0.487 e. The van der Waals surface area contributed by atoms with E-state index in [-0.39, 0.29) is 11.2 Å². The fraction of sp³-hybridized carbons (Fsp3) is 0.625. The van der Waals surface area contributed by atoms with Gasteiger partial charge in [0, 0.05) is 11.5 Å². The summed E-state index contributed by atoms with van der Waals surface area (Å²) in [5, 5.41) is 0. The number of alkyl halides is 2. The summed E-state index contributed by atoms with van der Waals surface area (Å²) in [6.45, 7) is 9.36. The lowest BCUT2D eigenvalue weighted by molar-refractivity contribution is -0.123. The second kappa shape index (κ2) is 5.30. The Balaban J connectivity index is 2.92. The molecule has 0 N–H and O–H groups in total. The summed E-state index contributed by atoms with van der Waals surface area (Å²) in [7, 11) is 0. The average Bonchev–Trinajstić information content (AvgIpc) is 2.23. The van der Waals surface area contributed by atoms with Gasteiger partial charge in [0.2, 0.25) is 0 Å². The molecule has 0 saturated heterocycles. The van der Waals surface area contributed by atoms with Gasteiger partial charge in [-0.3, -0.25) is 0 Å². The normalized spacial score (nSPS) is 13.4. The Bertz CT molecular complexity index is 468. The van der Waals surface area contributed by atoms with E-state index >= 15 is 0 Å². The van der Waals surface area contributed by atoms with Gasteiger partial charge in [-0.15, -0.1) is 0 Å². The lowest BCUT2D eigenvalue weighted by Gasteiger charge is -2.30. The zero-order chi connectivity index (χ0) is 15.8. The molecule has 20 heavy (non-hydrogen) atoms. The molecule has 1 rings (SSSR count). The predicted molar refractivity (Wildman–Crippen MR) is 75.0 cm³/mol. The molecular formula is C16H23F3O. The van der Waals surface area contributed by atoms with Crippen molar-refractivity contribution in [2.45, 2.75) is 52.9 Å². The molecule has 0 spiro atoms. The molecule has 0 fully saturated rings. The van der Waals surface area contributed by atoms with Crippen molar-refractivity contribution in [2.24, 2.45) is 5.41 Å². The van der Waals surface area contributed by atoms with Crippen LogP contribution in [0.15, 0.2) is 18.2 Å². The molecule has 0 aliphatic carbocycles. The van der Waals surface area contributed by atoms with Crippen LogP contribution in [-0.2, 0) is 5.41 Å². The SMILES string of the molecule is CC(C)(C)c1cc(F)cc(OCC(F)(F)C(C)(C)C)c1. The van der Waals surface area contributed by atoms with Crippen molar-refractivity contribution < 1.29 is 17.9 Å². The summed E-state index contributed by atoms with van der Waals surface area (Å²) in [5.74, 6) is -3.33. The van der Waals surface area contributed by atoms with Crippen LogP contribution in [0.3, 0.4) is 0 Å². The van der Waals surface area contributed by atoms with E-state index in [2.05, 4.69) is 0 Å². The van der Waals surface area contributed by atoms with Crippen LogP contribution < -0.4 is 4.74 Å². The summed E-state index contributed by atoms with van der Waals surface area (Å²) in [6, 6.07) is 4.14. The van der Waals surface area contributed by atoms with Crippen LogP contribution >= 0.6 is 0 Å². The smallest absolute Gasteiger partial charge is 0.286 e. The molecule has 1 aromatic carbocycles. The number of hydrogen-bond donors (Lipinski definition) is 0. The van der Waals surface area contributed by atoms with Crippen LogP contribution in [0.2, 0.25) is 0 Å². The molecule has 0 aliphatic heterocycles. The first-order chi connectivity index (χ1) is 8.83. The molecule has 114 valence electrons. The van der Waals surface area contributed by atoms with Gasteiger partial charge in [-0.2, -0.15) is 0 Å². The summed E-state index contributed by atoms with van der Waals surface area (Å²) >= 11 is 0. The van der Waals surface area contributed by atoms with Gasteiger partial charge in [0.25, 0.3) is 5.92 Å². The van der Waals surface area contributed by atoms with E-state index in [1.165, 1.54) is 26.8 Å². The van der Waals surface area contributed by atoms with Crippen LogP contribution in [0.25, 0.3) is 0 Å². The van der Waals surface area contributed by atoms with Crippen molar-refractivity contribution in [3.8, 4) is 5.75 Å². The molecule has 0 unspecified atom stereocenters. The van der Waals surface area contributed by atoms with E-state index in [0.29, 0.717) is 5.56 Å². The van der Waals surface area contributed by atoms with Crippen molar-refractivity contribution >= 4 is 0 Å². The summed E-state index contributed by atoms with van der Waals surface area (Å²) in [5.41, 5.74) is -0.758. The molecule has 1 aromatic rings. The van der Waals surface area contributed by atoms with E-state index in [1.807, 2.05) is 20.8 Å². The Kier molecular flexibility index (Phi) is 4.47. The summed E-state index contributed by atoms with van der Waals surface area (Å²) in [6.07, 6.45) is 0. The highest BCUT2D eigenvalue weighted by Gasteiger charge is 2.43. The van der Waals surface area contributed by atoms with Gasteiger partial charge < -0.3 is 4.74 Å². The molecule has 0 saturated carbocycles. The van der Waals surface area contributed by atoms with Crippen LogP contribution in [0.4, 0.5) is 13.2 Å². The van der Waals surface area contributed by atoms with Gasteiger partial charge in [-0.25, -0.2) is 13.2 Å². The van der Waals surface area contributed by atoms with Crippen LogP contribution in [-0.4, -0.2) is 12.5 Å². The monoisotopic (exact) mass is 288 g/mol. The lowest BCUT2D eigenvalue weighted by Crippen LogP contribution is -2.39. The first-order valence-corrected chi connectivity index (χ1v) is 6.65. The molecule has 0 aromatic heterocycles. The van der Waals surface area contributed by atoms with E-state index < -0.39 is 23.8 Å². The Morgan fingerprint density at radius 2 is 1.50 bits per heavy atom. The maximum absolute atomic E-state index is 13.8. The fourth-order valence-electron chi connectivity index (χ4n) is 1.47. The fourth-order valence-corrected chi connectivity index (χ4v) is 1.47. The Hall–Kier alpha value is -1.19. The summed E-state index contributed by atoms with van der Waals surface area (Å²) in [4.78, 5) is 0. The highest BCUT2D eigenvalue weighted by molar-refractivity contribution is 5.33. The third-order valence-electron chi connectivity index (χ3n) is 3.25. The summed E-state index contributed by atoms with van der Waals surface area (Å²) < 4.78 is 46.3. The maximum Gasteiger partial charge on any atom is 0.286 e. The first-order valence-electron chi connectivity index (χ1n) is 6.65. The van der Waals surface area contributed by atoms with Gasteiger partial charge in [0.05, 0.1) is 0 Å². The molecule has 4 heteroatoms. The lowest BCUT2D eigenvalue weighted by atomic mass is 9.87. The van der Waals surface area contributed by atoms with Crippen molar-refractivity contribution in [2.75, 3.05) is 6.61 Å². The highest BCUT2D eigenvalue weighted by Crippen LogP contribution is 2.36. The highest BCUT2D eigenvalue weighted by atomic mass is 19.3. The number of rotatable bonds is 3. The van der Waals surface area contributed by atoms with E-state index in [9.17, 15) is 13.2 Å². The Morgan fingerprint density at radius 3 is 1.95 bits per heavy atom. The van der Waals surface area contributed by atoms with Gasteiger partial charge in [0.15, 0.2) is 6.61 Å². The standard InChI is InChI=1S/C16H23F3O/c1-14(2,3)11-7-12(17)9-13(8-11)20-10-16(18,19)15(4,5)6/h7-9H,10H2,1-6H3. The zero-order valence-corrected chi connectivity index (χ0v) is 13.0. The predicted octanol–water partition coefficient (Wildman–Crippen LogP) is 5.18. The van der Waals surface area contributed by atoms with Crippen LogP contribution in [0.5, 0.6) is 5.75 Å². The van der Waals surface area contributed by atoms with Crippen molar-refractivity contribution in [3.05, 3.63) is 29.6 Å². The minimum atomic E-state index is -2.98. The second-order valence-corrected chi connectivity index (χ2v) is 7.17. The van der Waals surface area contributed by atoms with Crippen molar-refractivity contribution in [3.63, 3.8) is 0 Å².